The molecule has 0 unspecified atom stereocenters. The quantitative estimate of drug-likeness (QED) is 0.806. The summed E-state index contributed by atoms with van der Waals surface area (Å²) >= 11 is 0. The molecule has 1 amide bonds. The zero-order valence-corrected chi connectivity index (χ0v) is 16.2. The third-order valence-electron chi connectivity index (χ3n) is 4.38. The van der Waals surface area contributed by atoms with Crippen molar-refractivity contribution < 1.29 is 4.79 Å². The Labute approximate surface area is 150 Å². The predicted molar refractivity (Wildman–Crippen MR) is 103 cm³/mol. The number of aromatic nitrogens is 2. The molecule has 0 aliphatic heterocycles. The first kappa shape index (κ1) is 19.2. The Hall–Kier alpha value is -2.14. The molecule has 2 aromatic rings. The second-order valence-electron chi connectivity index (χ2n) is 7.09. The Balaban J connectivity index is 1.90. The van der Waals surface area contributed by atoms with Crippen LogP contribution in [0.2, 0.25) is 0 Å². The van der Waals surface area contributed by atoms with Crippen LogP contribution < -0.4 is 10.6 Å². The van der Waals surface area contributed by atoms with Crippen LogP contribution in [0.15, 0.2) is 24.3 Å². The number of carbonyl (C=O) groups is 1. The van der Waals surface area contributed by atoms with Gasteiger partial charge in [-0.2, -0.15) is 5.10 Å². The number of benzene rings is 1. The summed E-state index contributed by atoms with van der Waals surface area (Å²) in [6.07, 6.45) is 0. The van der Waals surface area contributed by atoms with Crippen LogP contribution in [0.5, 0.6) is 0 Å². The zero-order chi connectivity index (χ0) is 18.6. The molecule has 0 aliphatic rings. The van der Waals surface area contributed by atoms with E-state index in [-0.39, 0.29) is 18.5 Å². The van der Waals surface area contributed by atoms with Crippen LogP contribution >= 0.6 is 0 Å². The van der Waals surface area contributed by atoms with E-state index in [9.17, 15) is 4.79 Å². The first-order valence-corrected chi connectivity index (χ1v) is 8.92. The number of hydrogen-bond donors (Lipinski definition) is 2. The summed E-state index contributed by atoms with van der Waals surface area (Å²) in [4.78, 5) is 12.3. The molecule has 0 saturated carbocycles. The van der Waals surface area contributed by atoms with Crippen LogP contribution in [0, 0.1) is 20.8 Å². The third-order valence-corrected chi connectivity index (χ3v) is 4.38. The van der Waals surface area contributed by atoms with Crippen LogP contribution in [-0.2, 0) is 4.79 Å². The van der Waals surface area contributed by atoms with E-state index in [4.69, 9.17) is 0 Å². The lowest BCUT2D eigenvalue weighted by Gasteiger charge is -2.18. The summed E-state index contributed by atoms with van der Waals surface area (Å²) in [5.41, 5.74) is 5.36. The molecule has 25 heavy (non-hydrogen) atoms. The van der Waals surface area contributed by atoms with Gasteiger partial charge in [0, 0.05) is 17.9 Å². The number of para-hydroxylation sites is 1. The SMILES string of the molecule is Cc1cc(C)n([C@H](C)CNCC(=O)Nc2c(C)cccc2C(C)C)n1. The van der Waals surface area contributed by atoms with E-state index in [0.29, 0.717) is 12.5 Å². The van der Waals surface area contributed by atoms with Crippen molar-refractivity contribution >= 4 is 11.6 Å². The number of amides is 1. The van der Waals surface area contributed by atoms with Crippen LogP contribution in [0.1, 0.15) is 55.2 Å². The lowest BCUT2D eigenvalue weighted by molar-refractivity contribution is -0.115. The summed E-state index contributed by atoms with van der Waals surface area (Å²) in [6.45, 7) is 13.4. The highest BCUT2D eigenvalue weighted by molar-refractivity contribution is 5.93. The minimum atomic E-state index is -0.0169. The standard InChI is InChI=1S/C20H30N4O/c1-13(2)18-9-7-8-14(3)20(18)22-19(25)12-21-11-17(6)24-16(5)10-15(4)23-24/h7-10,13,17,21H,11-12H2,1-6H3,(H,22,25)/t17-/m1/s1. The van der Waals surface area contributed by atoms with Crippen molar-refractivity contribution in [2.45, 2.75) is 53.5 Å². The maximum absolute atomic E-state index is 12.3. The van der Waals surface area contributed by atoms with E-state index in [0.717, 1.165) is 22.6 Å². The highest BCUT2D eigenvalue weighted by atomic mass is 16.1. The van der Waals surface area contributed by atoms with Crippen molar-refractivity contribution in [3.8, 4) is 0 Å². The highest BCUT2D eigenvalue weighted by Crippen LogP contribution is 2.27. The van der Waals surface area contributed by atoms with Gasteiger partial charge in [-0.05, 0) is 50.8 Å². The Morgan fingerprint density at radius 1 is 1.20 bits per heavy atom. The monoisotopic (exact) mass is 342 g/mol. The van der Waals surface area contributed by atoms with E-state index in [1.807, 2.05) is 30.7 Å². The van der Waals surface area contributed by atoms with Gasteiger partial charge in [-0.15, -0.1) is 0 Å². The van der Waals surface area contributed by atoms with Crippen molar-refractivity contribution in [3.63, 3.8) is 0 Å². The van der Waals surface area contributed by atoms with Gasteiger partial charge in [0.1, 0.15) is 0 Å². The second kappa shape index (κ2) is 8.30. The van der Waals surface area contributed by atoms with Crippen LogP contribution in [0.4, 0.5) is 5.69 Å². The molecular weight excluding hydrogens is 312 g/mol. The van der Waals surface area contributed by atoms with Gasteiger partial charge in [-0.1, -0.05) is 32.0 Å². The number of nitrogens with one attached hydrogen (secondary N) is 2. The average molecular weight is 342 g/mol. The maximum atomic E-state index is 12.3. The summed E-state index contributed by atoms with van der Waals surface area (Å²) in [5.74, 6) is 0.353. The number of hydrogen-bond acceptors (Lipinski definition) is 3. The summed E-state index contributed by atoms with van der Waals surface area (Å²) < 4.78 is 2.00. The van der Waals surface area contributed by atoms with Crippen molar-refractivity contribution in [1.82, 2.24) is 15.1 Å². The number of anilines is 1. The molecule has 2 rings (SSSR count). The normalized spacial score (nSPS) is 12.4. The summed E-state index contributed by atoms with van der Waals surface area (Å²) in [6, 6.07) is 8.40. The van der Waals surface area contributed by atoms with Gasteiger partial charge in [0.2, 0.25) is 5.91 Å². The Bertz CT molecular complexity index is 733. The third kappa shape index (κ3) is 4.92. The number of nitrogens with zero attached hydrogens (tertiary/aromatic N) is 2. The molecule has 0 spiro atoms. The highest BCUT2D eigenvalue weighted by Gasteiger charge is 2.13. The van der Waals surface area contributed by atoms with Crippen LogP contribution in [-0.4, -0.2) is 28.8 Å². The Morgan fingerprint density at radius 2 is 1.92 bits per heavy atom. The van der Waals surface area contributed by atoms with Gasteiger partial charge >= 0.3 is 0 Å². The van der Waals surface area contributed by atoms with Crippen LogP contribution in [0.3, 0.4) is 0 Å². The van der Waals surface area contributed by atoms with E-state index in [2.05, 4.69) is 55.6 Å². The maximum Gasteiger partial charge on any atom is 0.238 e. The Morgan fingerprint density at radius 3 is 2.52 bits per heavy atom. The molecule has 0 aliphatic carbocycles. The van der Waals surface area contributed by atoms with Crippen molar-refractivity contribution in [2.24, 2.45) is 0 Å². The average Bonchev–Trinajstić information content (AvgIpc) is 2.87. The van der Waals surface area contributed by atoms with Crippen molar-refractivity contribution in [3.05, 3.63) is 46.8 Å². The van der Waals surface area contributed by atoms with E-state index >= 15 is 0 Å². The van der Waals surface area contributed by atoms with Gasteiger partial charge in [-0.25, -0.2) is 0 Å². The predicted octanol–water partition coefficient (Wildman–Crippen LogP) is 3.72. The first-order chi connectivity index (χ1) is 11.8. The molecule has 5 heteroatoms. The van der Waals surface area contributed by atoms with Gasteiger partial charge < -0.3 is 10.6 Å². The van der Waals surface area contributed by atoms with E-state index < -0.39 is 0 Å². The smallest absolute Gasteiger partial charge is 0.238 e. The fourth-order valence-electron chi connectivity index (χ4n) is 3.10. The molecule has 0 bridgehead atoms. The molecule has 1 aromatic carbocycles. The van der Waals surface area contributed by atoms with Crippen molar-refractivity contribution in [2.75, 3.05) is 18.4 Å². The van der Waals surface area contributed by atoms with Crippen molar-refractivity contribution in [1.29, 1.82) is 0 Å². The molecule has 5 nitrogen and oxygen atoms in total. The first-order valence-electron chi connectivity index (χ1n) is 8.92. The molecular formula is C20H30N4O. The van der Waals surface area contributed by atoms with E-state index in [1.54, 1.807) is 0 Å². The lowest BCUT2D eigenvalue weighted by Crippen LogP contribution is -2.32. The molecule has 0 radical (unpaired) electrons. The van der Waals surface area contributed by atoms with Gasteiger partial charge in [0.05, 0.1) is 18.3 Å². The van der Waals surface area contributed by atoms with Gasteiger partial charge in [0.25, 0.3) is 0 Å². The topological polar surface area (TPSA) is 59.0 Å². The summed E-state index contributed by atoms with van der Waals surface area (Å²) in [7, 11) is 0. The zero-order valence-electron chi connectivity index (χ0n) is 16.2. The second-order valence-corrected chi connectivity index (χ2v) is 7.09. The number of rotatable bonds is 7. The van der Waals surface area contributed by atoms with Gasteiger partial charge in [0.15, 0.2) is 0 Å². The summed E-state index contributed by atoms with van der Waals surface area (Å²) in [5, 5.41) is 10.8. The Kier molecular flexibility index (Phi) is 6.37. The minimum Gasteiger partial charge on any atom is -0.324 e. The molecule has 2 N–H and O–H groups in total. The number of carbonyl (C=O) groups excluding carboxylic acids is 1. The fourth-order valence-corrected chi connectivity index (χ4v) is 3.10. The molecule has 0 fully saturated rings. The lowest BCUT2D eigenvalue weighted by atomic mass is 9.98. The van der Waals surface area contributed by atoms with E-state index in [1.165, 1.54) is 5.56 Å². The minimum absolute atomic E-state index is 0.0169. The van der Waals surface area contributed by atoms with Gasteiger partial charge in [-0.3, -0.25) is 9.48 Å². The van der Waals surface area contributed by atoms with Crippen LogP contribution in [0.25, 0.3) is 0 Å². The molecule has 1 atom stereocenters. The number of aryl methyl sites for hydroxylation is 3. The molecule has 136 valence electrons. The molecule has 1 aromatic heterocycles. The largest absolute Gasteiger partial charge is 0.324 e. The fraction of sp³-hybridized carbons (Fsp3) is 0.500. The molecule has 0 saturated heterocycles. The molecule has 1 heterocycles.